The summed E-state index contributed by atoms with van der Waals surface area (Å²) < 4.78 is 0. The lowest BCUT2D eigenvalue weighted by molar-refractivity contribution is -0.139. The van der Waals surface area contributed by atoms with Gasteiger partial charge >= 0.3 is 0 Å². The Hall–Kier alpha value is -0.550. The van der Waals surface area contributed by atoms with E-state index in [9.17, 15) is 9.59 Å². The van der Waals surface area contributed by atoms with Gasteiger partial charge in [0.25, 0.3) is 0 Å². The number of imide groups is 1. The van der Waals surface area contributed by atoms with Crippen molar-refractivity contribution in [3.63, 3.8) is 0 Å². The van der Waals surface area contributed by atoms with Gasteiger partial charge in [0.05, 0.1) is 12.5 Å². The molecule has 90 valence electrons. The van der Waals surface area contributed by atoms with Gasteiger partial charge < -0.3 is 5.32 Å². The van der Waals surface area contributed by atoms with Crippen molar-refractivity contribution in [1.29, 1.82) is 0 Å². The number of thioether (sulfide) groups is 1. The molecule has 1 heterocycles. The van der Waals surface area contributed by atoms with Gasteiger partial charge in [-0.05, 0) is 19.1 Å². The van der Waals surface area contributed by atoms with E-state index < -0.39 is 0 Å². The van der Waals surface area contributed by atoms with E-state index in [4.69, 9.17) is 0 Å². The van der Waals surface area contributed by atoms with E-state index in [0.29, 0.717) is 11.7 Å². The van der Waals surface area contributed by atoms with Crippen LogP contribution in [0.3, 0.4) is 0 Å². The lowest BCUT2D eigenvalue weighted by atomic mass is 10.2. The molecule has 2 unspecified atom stereocenters. The fourth-order valence-corrected chi connectivity index (χ4v) is 2.18. The van der Waals surface area contributed by atoms with E-state index in [1.807, 2.05) is 6.26 Å². The zero-order valence-corrected chi connectivity index (χ0v) is 10.5. The number of amides is 2. The van der Waals surface area contributed by atoms with Gasteiger partial charge in [-0.1, -0.05) is 6.92 Å². The molecule has 0 radical (unpaired) electrons. The van der Waals surface area contributed by atoms with Gasteiger partial charge in [-0.25, -0.2) is 0 Å². The summed E-state index contributed by atoms with van der Waals surface area (Å²) in [6.07, 6.45) is 4.37. The molecule has 1 saturated heterocycles. The fourth-order valence-electron chi connectivity index (χ4n) is 1.92. The minimum absolute atomic E-state index is 0.00167. The van der Waals surface area contributed by atoms with Crippen LogP contribution in [0.15, 0.2) is 0 Å². The number of hydrogen-bond acceptors (Lipinski definition) is 4. The van der Waals surface area contributed by atoms with E-state index in [1.54, 1.807) is 11.8 Å². The third-order valence-electron chi connectivity index (χ3n) is 3.15. The number of nitrogens with zero attached hydrogens (tertiary/aromatic N) is 1. The van der Waals surface area contributed by atoms with Gasteiger partial charge in [0.1, 0.15) is 0 Å². The Kier molecular flexibility index (Phi) is 3.54. The second-order valence-corrected chi connectivity index (χ2v) is 5.82. The van der Waals surface area contributed by atoms with E-state index in [0.717, 1.165) is 19.4 Å². The average molecular weight is 242 g/mol. The number of hydrogen-bond donors (Lipinski definition) is 1. The van der Waals surface area contributed by atoms with Crippen LogP contribution in [0.2, 0.25) is 0 Å². The van der Waals surface area contributed by atoms with Crippen molar-refractivity contribution in [1.82, 2.24) is 10.2 Å². The number of rotatable bonds is 5. The lowest BCUT2D eigenvalue weighted by Gasteiger charge is -2.16. The Bertz CT molecular complexity index is 304. The molecule has 2 atom stereocenters. The third kappa shape index (κ3) is 2.40. The van der Waals surface area contributed by atoms with Crippen molar-refractivity contribution in [2.75, 3.05) is 12.8 Å². The molecule has 16 heavy (non-hydrogen) atoms. The van der Waals surface area contributed by atoms with E-state index in [-0.39, 0.29) is 23.9 Å². The monoisotopic (exact) mass is 242 g/mol. The first-order valence-electron chi connectivity index (χ1n) is 5.75. The summed E-state index contributed by atoms with van der Waals surface area (Å²) >= 11 is 1.76. The summed E-state index contributed by atoms with van der Waals surface area (Å²) in [4.78, 5) is 25.1. The van der Waals surface area contributed by atoms with E-state index >= 15 is 0 Å². The lowest BCUT2D eigenvalue weighted by Crippen LogP contribution is -2.41. The van der Waals surface area contributed by atoms with Crippen molar-refractivity contribution in [2.45, 2.75) is 43.5 Å². The standard InChI is InChI=1S/C11H18N2O2S/c1-7(16-2)6-12-9-5-10(14)13(11(9)15)8-3-4-8/h7-9,12H,3-6H2,1-2H3. The Morgan fingerprint density at radius 2 is 2.19 bits per heavy atom. The number of carbonyl (C=O) groups excluding carboxylic acids is 2. The number of nitrogens with one attached hydrogen (secondary N) is 1. The van der Waals surface area contributed by atoms with Crippen LogP contribution in [0.1, 0.15) is 26.2 Å². The van der Waals surface area contributed by atoms with Gasteiger partial charge in [0.15, 0.2) is 0 Å². The van der Waals surface area contributed by atoms with Crippen LogP contribution in [0.4, 0.5) is 0 Å². The smallest absolute Gasteiger partial charge is 0.247 e. The van der Waals surface area contributed by atoms with Crippen LogP contribution in [0, 0.1) is 0 Å². The summed E-state index contributed by atoms with van der Waals surface area (Å²) in [5.41, 5.74) is 0. The van der Waals surface area contributed by atoms with E-state index in [1.165, 1.54) is 4.90 Å². The molecule has 2 fully saturated rings. The van der Waals surface area contributed by atoms with Crippen molar-refractivity contribution >= 4 is 23.6 Å². The molecule has 1 aliphatic carbocycles. The minimum Gasteiger partial charge on any atom is -0.304 e. The first-order valence-corrected chi connectivity index (χ1v) is 7.04. The topological polar surface area (TPSA) is 49.4 Å². The summed E-state index contributed by atoms with van der Waals surface area (Å²) in [5.74, 6) is -0.0115. The highest BCUT2D eigenvalue weighted by atomic mass is 32.2. The molecule has 1 saturated carbocycles. The van der Waals surface area contributed by atoms with Gasteiger partial charge in [0, 0.05) is 17.8 Å². The van der Waals surface area contributed by atoms with Crippen LogP contribution in [-0.4, -0.2) is 46.8 Å². The largest absolute Gasteiger partial charge is 0.304 e. The van der Waals surface area contributed by atoms with Crippen molar-refractivity contribution < 1.29 is 9.59 Å². The van der Waals surface area contributed by atoms with Crippen LogP contribution >= 0.6 is 11.8 Å². The highest BCUT2D eigenvalue weighted by molar-refractivity contribution is 7.99. The predicted molar refractivity (Wildman–Crippen MR) is 64.3 cm³/mol. The number of carbonyl (C=O) groups is 2. The molecule has 5 heteroatoms. The van der Waals surface area contributed by atoms with Gasteiger partial charge in [-0.15, -0.1) is 0 Å². The molecule has 0 spiro atoms. The molecule has 1 aliphatic heterocycles. The maximum atomic E-state index is 11.9. The molecule has 2 rings (SSSR count). The van der Waals surface area contributed by atoms with Crippen molar-refractivity contribution in [3.05, 3.63) is 0 Å². The molecule has 2 aliphatic rings. The Morgan fingerprint density at radius 1 is 1.50 bits per heavy atom. The van der Waals surface area contributed by atoms with Gasteiger partial charge in [-0.3, -0.25) is 14.5 Å². The minimum atomic E-state index is -0.275. The van der Waals surface area contributed by atoms with Crippen LogP contribution in [0.5, 0.6) is 0 Å². The Balaban J connectivity index is 1.87. The maximum Gasteiger partial charge on any atom is 0.247 e. The first-order chi connectivity index (χ1) is 7.63. The third-order valence-corrected chi connectivity index (χ3v) is 4.12. The highest BCUT2D eigenvalue weighted by Crippen LogP contribution is 2.31. The molecular formula is C11H18N2O2S. The molecule has 1 N–H and O–H groups in total. The van der Waals surface area contributed by atoms with Crippen molar-refractivity contribution in [2.24, 2.45) is 0 Å². The zero-order valence-electron chi connectivity index (χ0n) is 9.73. The molecule has 0 aromatic carbocycles. The van der Waals surface area contributed by atoms with Crippen LogP contribution in [0.25, 0.3) is 0 Å². The average Bonchev–Trinajstić information content (AvgIpc) is 3.04. The molecule has 0 aromatic rings. The molecule has 4 nitrogen and oxygen atoms in total. The Morgan fingerprint density at radius 3 is 2.75 bits per heavy atom. The highest BCUT2D eigenvalue weighted by Gasteiger charge is 2.45. The summed E-state index contributed by atoms with van der Waals surface area (Å²) in [5, 5.41) is 3.66. The van der Waals surface area contributed by atoms with Gasteiger partial charge in [-0.2, -0.15) is 11.8 Å². The molecular weight excluding hydrogens is 224 g/mol. The molecule has 2 amide bonds. The second kappa shape index (κ2) is 4.75. The fraction of sp³-hybridized carbons (Fsp3) is 0.818. The zero-order chi connectivity index (χ0) is 11.7. The van der Waals surface area contributed by atoms with Crippen LogP contribution < -0.4 is 5.32 Å². The van der Waals surface area contributed by atoms with Crippen molar-refractivity contribution in [3.8, 4) is 0 Å². The summed E-state index contributed by atoms with van der Waals surface area (Å²) in [6, 6.07) is -0.0625. The second-order valence-electron chi connectivity index (χ2n) is 4.54. The van der Waals surface area contributed by atoms with Crippen LogP contribution in [-0.2, 0) is 9.59 Å². The molecule has 0 aromatic heterocycles. The number of likely N-dealkylation sites (tertiary alicyclic amines) is 1. The first kappa shape index (κ1) is 11.9. The van der Waals surface area contributed by atoms with Gasteiger partial charge in [0.2, 0.25) is 11.8 Å². The maximum absolute atomic E-state index is 11.9. The van der Waals surface area contributed by atoms with E-state index in [2.05, 4.69) is 12.2 Å². The SMILES string of the molecule is CSC(C)CNC1CC(=O)N(C2CC2)C1=O. The Labute approximate surface area is 100 Å². The molecule has 0 bridgehead atoms. The summed E-state index contributed by atoms with van der Waals surface area (Å²) in [6.45, 7) is 2.89. The summed E-state index contributed by atoms with van der Waals surface area (Å²) in [7, 11) is 0. The predicted octanol–water partition coefficient (Wildman–Crippen LogP) is 0.617. The quantitative estimate of drug-likeness (QED) is 0.718. The normalized spacial score (nSPS) is 27.6.